The fourth-order valence-electron chi connectivity index (χ4n) is 6.77. The summed E-state index contributed by atoms with van der Waals surface area (Å²) in [4.78, 5) is 81.5. The zero-order valence-corrected chi connectivity index (χ0v) is 42.3. The number of esters is 1. The van der Waals surface area contributed by atoms with Gasteiger partial charge in [0.2, 0.25) is 0 Å². The third-order valence-corrected chi connectivity index (χ3v) is 10.2. The zero-order valence-electron chi connectivity index (χ0n) is 42.3. The molecule has 23 heteroatoms. The highest BCUT2D eigenvalue weighted by molar-refractivity contribution is 5.70. The number of nitrogens with two attached hydrogens (primary N) is 2. The number of hydrogen-bond acceptors (Lipinski definition) is 18. The molecule has 6 rings (SSSR count). The summed E-state index contributed by atoms with van der Waals surface area (Å²) in [6.45, 7) is 12.8. The number of ether oxygens (including phenoxy) is 7. The largest absolute Gasteiger partial charge is 0.481 e. The first kappa shape index (κ1) is 58.6. The Morgan fingerprint density at radius 2 is 1.08 bits per heavy atom. The number of carboxylic acids is 1. The van der Waals surface area contributed by atoms with Gasteiger partial charge in [0.25, 0.3) is 0 Å². The van der Waals surface area contributed by atoms with Gasteiger partial charge in [-0.2, -0.15) is 9.97 Å². The number of carbonyl (C=O) groups excluding carboxylic acids is 3. The molecule has 2 aromatic heterocycles. The first-order valence-corrected chi connectivity index (χ1v) is 23.8. The monoisotopic (exact) mass is 1020 g/mol. The normalized spacial score (nSPS) is 17.2. The number of nitrogens with zero attached hydrogens (tertiary/aromatic N) is 6. The van der Waals surface area contributed by atoms with Crippen LogP contribution in [0.5, 0.6) is 0 Å². The smallest absolute Gasteiger partial charge is 0.410 e. The van der Waals surface area contributed by atoms with Gasteiger partial charge < -0.3 is 64.6 Å². The van der Waals surface area contributed by atoms with Gasteiger partial charge in [0.05, 0.1) is 19.8 Å². The lowest BCUT2D eigenvalue weighted by atomic mass is 10.2. The lowest BCUT2D eigenvalue weighted by Gasteiger charge is -2.27. The van der Waals surface area contributed by atoms with Gasteiger partial charge in [-0.3, -0.25) is 18.7 Å². The average molecular weight is 1020 g/mol. The number of aliphatic hydroxyl groups excluding tert-OH is 1. The molecule has 23 nitrogen and oxygen atoms in total. The minimum Gasteiger partial charge on any atom is -0.481 e. The van der Waals surface area contributed by atoms with E-state index >= 15 is 0 Å². The van der Waals surface area contributed by atoms with Gasteiger partial charge >= 0.3 is 35.5 Å². The lowest BCUT2D eigenvalue weighted by molar-refractivity contribution is -0.159. The SMILES string of the molecule is CC(C)(C)OC(=O)N(CCCCC(=O)O)Cc1ccccc1.CC(C)(C)OC(=O)N(CCCCC(=O)OC[C@H]1OC[C@@H](n2ccc(N)nc2=O)O1)Cc1ccccc1.Nc1ccn([C@@H]2CO[C@H](CO)O2)c(=O)n1. The molecule has 2 amide bonds. The molecule has 0 aliphatic carbocycles. The van der Waals surface area contributed by atoms with E-state index in [2.05, 4.69) is 9.97 Å². The van der Waals surface area contributed by atoms with Crippen LogP contribution in [0.2, 0.25) is 0 Å². The predicted octanol–water partition coefficient (Wildman–Crippen LogP) is 5.22. The Morgan fingerprint density at radius 3 is 1.48 bits per heavy atom. The molecule has 4 aromatic rings. The van der Waals surface area contributed by atoms with Crippen molar-refractivity contribution in [3.63, 3.8) is 0 Å². The van der Waals surface area contributed by atoms with Crippen LogP contribution in [-0.4, -0.2) is 127 Å². The van der Waals surface area contributed by atoms with Gasteiger partial charge in [-0.05, 0) is 90.5 Å². The lowest BCUT2D eigenvalue weighted by Crippen LogP contribution is -2.37. The quantitative estimate of drug-likeness (QED) is 0.0532. The number of aliphatic hydroxyl groups is 1. The molecule has 2 saturated heterocycles. The van der Waals surface area contributed by atoms with Crippen LogP contribution < -0.4 is 22.8 Å². The first-order valence-electron chi connectivity index (χ1n) is 23.8. The van der Waals surface area contributed by atoms with Crippen LogP contribution in [-0.2, 0) is 55.8 Å². The summed E-state index contributed by atoms with van der Waals surface area (Å²) in [6.07, 6.45) is 2.14. The number of hydrogen-bond donors (Lipinski definition) is 4. The van der Waals surface area contributed by atoms with Crippen molar-refractivity contribution in [2.75, 3.05) is 51.0 Å². The van der Waals surface area contributed by atoms with E-state index in [4.69, 9.17) is 54.8 Å². The summed E-state index contributed by atoms with van der Waals surface area (Å²) in [5, 5.41) is 17.4. The van der Waals surface area contributed by atoms with Crippen molar-refractivity contribution in [1.82, 2.24) is 28.9 Å². The molecule has 0 unspecified atom stereocenters. The Kier molecular flexibility index (Phi) is 23.3. The van der Waals surface area contributed by atoms with Gasteiger partial charge in [-0.25, -0.2) is 19.2 Å². The van der Waals surface area contributed by atoms with E-state index < -0.39 is 65.6 Å². The van der Waals surface area contributed by atoms with Crippen molar-refractivity contribution in [3.05, 3.63) is 117 Å². The molecule has 4 heterocycles. The number of nitrogen functional groups attached to an aromatic ring is 2. The van der Waals surface area contributed by atoms with Crippen molar-refractivity contribution in [3.8, 4) is 0 Å². The number of anilines is 2. The van der Waals surface area contributed by atoms with Gasteiger partial charge in [0.1, 0.15) is 29.4 Å². The highest BCUT2D eigenvalue weighted by atomic mass is 16.8. The Balaban J connectivity index is 0.000000264. The fraction of sp³-hybridized carbons (Fsp3) is 0.520. The zero-order chi connectivity index (χ0) is 53.6. The van der Waals surface area contributed by atoms with E-state index in [0.29, 0.717) is 51.9 Å². The molecule has 2 aliphatic heterocycles. The van der Waals surface area contributed by atoms with Crippen LogP contribution in [0.1, 0.15) is 104 Å². The number of benzene rings is 2. The number of unbranched alkanes of at least 4 members (excludes halogenated alkanes) is 2. The van der Waals surface area contributed by atoms with E-state index in [-0.39, 0.29) is 57.0 Å². The Bertz CT molecular complexity index is 2460. The molecular weight excluding hydrogens is 953 g/mol. The number of rotatable bonds is 19. The summed E-state index contributed by atoms with van der Waals surface area (Å²) >= 11 is 0. The van der Waals surface area contributed by atoms with E-state index in [1.807, 2.05) is 102 Å². The molecule has 0 radical (unpaired) electrons. The summed E-state index contributed by atoms with van der Waals surface area (Å²) < 4.78 is 40.1. The van der Waals surface area contributed by atoms with E-state index in [1.54, 1.807) is 9.80 Å². The Labute approximate surface area is 423 Å². The second-order valence-corrected chi connectivity index (χ2v) is 18.7. The number of amides is 2. The molecule has 400 valence electrons. The minimum absolute atomic E-state index is 0.0927. The van der Waals surface area contributed by atoms with Crippen molar-refractivity contribution >= 4 is 35.8 Å². The topological polar surface area (TPSA) is 302 Å². The maximum Gasteiger partial charge on any atom is 0.410 e. The predicted molar refractivity (Wildman–Crippen MR) is 265 cm³/mol. The second-order valence-electron chi connectivity index (χ2n) is 18.7. The van der Waals surface area contributed by atoms with Crippen molar-refractivity contribution in [2.24, 2.45) is 0 Å². The van der Waals surface area contributed by atoms with Crippen molar-refractivity contribution < 1.29 is 62.5 Å². The van der Waals surface area contributed by atoms with Crippen LogP contribution in [0.15, 0.2) is 94.8 Å². The van der Waals surface area contributed by atoms with Gasteiger partial charge in [-0.15, -0.1) is 0 Å². The molecule has 0 spiro atoms. The van der Waals surface area contributed by atoms with E-state index in [0.717, 1.165) is 11.1 Å². The molecule has 0 bridgehead atoms. The maximum absolute atomic E-state index is 12.7. The number of carbonyl (C=O) groups is 4. The van der Waals surface area contributed by atoms with Crippen LogP contribution in [0.4, 0.5) is 21.2 Å². The van der Waals surface area contributed by atoms with Crippen LogP contribution >= 0.6 is 0 Å². The van der Waals surface area contributed by atoms with Crippen molar-refractivity contribution in [2.45, 2.75) is 129 Å². The van der Waals surface area contributed by atoms with Gasteiger partial charge in [-0.1, -0.05) is 60.7 Å². The summed E-state index contributed by atoms with van der Waals surface area (Å²) in [5.74, 6) is -0.931. The molecule has 4 atom stereocenters. The van der Waals surface area contributed by atoms with Gasteiger partial charge in [0.15, 0.2) is 25.0 Å². The number of carboxylic acid groups (broad SMARTS) is 1. The molecule has 73 heavy (non-hydrogen) atoms. The van der Waals surface area contributed by atoms with Gasteiger partial charge in [0, 0.05) is 51.4 Å². The minimum atomic E-state index is -0.813. The average Bonchev–Trinajstić information content (AvgIpc) is 4.01. The highest BCUT2D eigenvalue weighted by Crippen LogP contribution is 2.21. The molecule has 0 saturated carbocycles. The molecule has 6 N–H and O–H groups in total. The maximum atomic E-state index is 12.7. The molecule has 2 aliphatic rings. The van der Waals surface area contributed by atoms with Crippen LogP contribution in [0.3, 0.4) is 0 Å². The summed E-state index contributed by atoms with van der Waals surface area (Å²) in [6, 6.07) is 22.3. The molecular formula is C50H70N8O15. The summed E-state index contributed by atoms with van der Waals surface area (Å²) in [7, 11) is 0. The summed E-state index contributed by atoms with van der Waals surface area (Å²) in [5.41, 5.74) is 10.7. The highest BCUT2D eigenvalue weighted by Gasteiger charge is 2.30. The Morgan fingerprint density at radius 1 is 0.658 bits per heavy atom. The number of aromatic nitrogens is 4. The molecule has 2 aromatic carbocycles. The first-order chi connectivity index (χ1) is 34.6. The fourth-order valence-corrected chi connectivity index (χ4v) is 6.77. The third-order valence-electron chi connectivity index (χ3n) is 10.2. The van der Waals surface area contributed by atoms with E-state index in [9.17, 15) is 28.8 Å². The third kappa shape index (κ3) is 22.2. The van der Waals surface area contributed by atoms with E-state index in [1.165, 1.54) is 33.7 Å². The van der Waals surface area contributed by atoms with Crippen LogP contribution in [0, 0.1) is 0 Å². The Hall–Kier alpha value is -6.92. The second kappa shape index (κ2) is 28.9. The number of aliphatic carboxylic acids is 1. The molecule has 2 fully saturated rings. The van der Waals surface area contributed by atoms with Crippen molar-refractivity contribution in [1.29, 1.82) is 0 Å². The standard InChI is InChI=1S/C25H34N4O7.C17H25NO4.C8H11N3O4/c1-25(2,3)36-24(32)28(15-18-9-5-4-6-10-18)13-8-7-11-21(30)33-17-22-34-16-20(35-22)29-14-12-19(26)27-23(29)31;1-17(2,3)22-16(21)18(12-8-7-11-15(19)20)13-14-9-5-4-6-10-14;9-5-1-2-11(8(13)10-5)6-4-14-7(3-12)15-6/h4-6,9-10,12,14,20,22H,7-8,11,13,15-17H2,1-3H3,(H2,26,27,31);4-6,9-10H,7-8,11-13H2,1-3H3,(H,19,20);1-2,6-7,12H,3-4H2,(H2,9,10,13)/t20-,22-;;6-,7-/m0.0/s1. The van der Waals surface area contributed by atoms with Crippen LogP contribution in [0.25, 0.3) is 0 Å².